The Morgan fingerprint density at radius 1 is 1.24 bits per heavy atom. The van der Waals surface area contributed by atoms with Crippen molar-refractivity contribution in [1.29, 1.82) is 5.26 Å². The fourth-order valence-corrected chi connectivity index (χ4v) is 2.89. The van der Waals surface area contributed by atoms with Crippen LogP contribution in [0.5, 0.6) is 0 Å². The lowest BCUT2D eigenvalue weighted by molar-refractivity contribution is -0.137. The van der Waals surface area contributed by atoms with E-state index in [1.165, 1.54) is 23.5 Å². The van der Waals surface area contributed by atoms with Crippen LogP contribution in [0.15, 0.2) is 30.3 Å². The molecule has 2 nitrogen and oxygen atoms in total. The summed E-state index contributed by atoms with van der Waals surface area (Å²) in [5.41, 5.74) is -0.962. The minimum Gasteiger partial charge on any atom is -0.385 e. The molecule has 0 spiro atoms. The highest BCUT2D eigenvalue weighted by molar-refractivity contribution is 7.16. The van der Waals surface area contributed by atoms with Crippen molar-refractivity contribution in [2.75, 3.05) is 11.9 Å². The molecule has 1 aromatic heterocycles. The number of halogens is 4. The third-order valence-corrected chi connectivity index (χ3v) is 4.07. The van der Waals surface area contributed by atoms with Crippen molar-refractivity contribution in [2.24, 2.45) is 0 Å². The number of alkyl halides is 3. The highest BCUT2D eigenvalue weighted by Gasteiger charge is 2.33. The van der Waals surface area contributed by atoms with E-state index in [9.17, 15) is 13.2 Å². The van der Waals surface area contributed by atoms with Gasteiger partial charge in [-0.25, -0.2) is 0 Å². The monoisotopic (exact) mass is 330 g/mol. The van der Waals surface area contributed by atoms with Gasteiger partial charge in [0.05, 0.1) is 21.5 Å². The molecule has 1 N–H and O–H groups in total. The normalized spacial score (nSPS) is 11.2. The van der Waals surface area contributed by atoms with E-state index in [4.69, 9.17) is 16.9 Å². The maximum atomic E-state index is 12.8. The molecule has 0 atom stereocenters. The molecule has 0 saturated heterocycles. The first-order valence-electron chi connectivity index (χ1n) is 5.99. The fourth-order valence-electron chi connectivity index (χ4n) is 1.80. The predicted molar refractivity (Wildman–Crippen MR) is 77.7 cm³/mol. The number of nitrogens with one attached hydrogen (secondary N) is 1. The smallest absolute Gasteiger partial charge is 0.385 e. The van der Waals surface area contributed by atoms with Crippen LogP contribution in [0.25, 0.3) is 0 Å². The van der Waals surface area contributed by atoms with E-state index in [2.05, 4.69) is 5.32 Å². The molecule has 0 aliphatic rings. The van der Waals surface area contributed by atoms with Crippen LogP contribution in [0.4, 0.5) is 18.9 Å². The molecule has 0 fully saturated rings. The summed E-state index contributed by atoms with van der Waals surface area (Å²) in [5, 5.41) is 11.6. The van der Waals surface area contributed by atoms with E-state index in [0.29, 0.717) is 23.0 Å². The van der Waals surface area contributed by atoms with E-state index in [-0.39, 0.29) is 5.56 Å². The molecule has 2 aromatic rings. The second-order valence-electron chi connectivity index (χ2n) is 4.25. The van der Waals surface area contributed by atoms with Gasteiger partial charge in [-0.15, -0.1) is 11.3 Å². The topological polar surface area (TPSA) is 35.8 Å². The van der Waals surface area contributed by atoms with Crippen LogP contribution < -0.4 is 5.32 Å². The minimum absolute atomic E-state index is 0.337. The molecule has 0 aliphatic carbocycles. The molecule has 2 rings (SSSR count). The van der Waals surface area contributed by atoms with Crippen LogP contribution in [0, 0.1) is 11.3 Å². The molecule has 0 amide bonds. The van der Waals surface area contributed by atoms with Gasteiger partial charge in [-0.3, -0.25) is 0 Å². The molecule has 0 radical (unpaired) electrons. The molecular weight excluding hydrogens is 321 g/mol. The van der Waals surface area contributed by atoms with Crippen LogP contribution in [-0.2, 0) is 12.6 Å². The SMILES string of the molecule is N#Cc1ccc(NCCc2ccc(Cl)s2)cc1C(F)(F)F. The largest absolute Gasteiger partial charge is 0.417 e. The van der Waals surface area contributed by atoms with Gasteiger partial charge in [0.25, 0.3) is 0 Å². The Labute approximate surface area is 128 Å². The van der Waals surface area contributed by atoms with Crippen molar-refractivity contribution in [3.8, 4) is 6.07 Å². The van der Waals surface area contributed by atoms with Gasteiger partial charge in [0.2, 0.25) is 0 Å². The number of nitriles is 1. The number of rotatable bonds is 4. The fraction of sp³-hybridized carbons (Fsp3) is 0.214. The van der Waals surface area contributed by atoms with Crippen LogP contribution in [0.2, 0.25) is 4.34 Å². The van der Waals surface area contributed by atoms with Gasteiger partial charge in [0.15, 0.2) is 0 Å². The predicted octanol–water partition coefficient (Wildman–Crippen LogP) is 4.95. The number of nitrogens with zero attached hydrogens (tertiary/aromatic N) is 1. The molecule has 0 aliphatic heterocycles. The van der Waals surface area contributed by atoms with Crippen molar-refractivity contribution in [3.05, 3.63) is 50.7 Å². The number of benzene rings is 1. The van der Waals surface area contributed by atoms with Crippen molar-refractivity contribution in [3.63, 3.8) is 0 Å². The lowest BCUT2D eigenvalue weighted by atomic mass is 10.1. The average molecular weight is 331 g/mol. The number of hydrogen-bond acceptors (Lipinski definition) is 3. The first kappa shape index (κ1) is 15.7. The lowest BCUT2D eigenvalue weighted by Crippen LogP contribution is -2.10. The van der Waals surface area contributed by atoms with Gasteiger partial charge in [-0.1, -0.05) is 11.6 Å². The Kier molecular flexibility index (Phi) is 4.76. The van der Waals surface area contributed by atoms with E-state index >= 15 is 0 Å². The van der Waals surface area contributed by atoms with Crippen LogP contribution >= 0.6 is 22.9 Å². The van der Waals surface area contributed by atoms with Crippen LogP contribution in [0.1, 0.15) is 16.0 Å². The second-order valence-corrected chi connectivity index (χ2v) is 6.05. The maximum Gasteiger partial charge on any atom is 0.417 e. The zero-order valence-corrected chi connectivity index (χ0v) is 12.2. The maximum absolute atomic E-state index is 12.8. The quantitative estimate of drug-likeness (QED) is 0.861. The Balaban J connectivity index is 2.06. The van der Waals surface area contributed by atoms with Gasteiger partial charge in [-0.05, 0) is 36.8 Å². The summed E-state index contributed by atoms with van der Waals surface area (Å²) in [6.07, 6.45) is -3.87. The second kappa shape index (κ2) is 6.37. The first-order valence-corrected chi connectivity index (χ1v) is 7.19. The van der Waals surface area contributed by atoms with Gasteiger partial charge in [0, 0.05) is 17.1 Å². The van der Waals surface area contributed by atoms with Gasteiger partial charge >= 0.3 is 6.18 Å². The zero-order chi connectivity index (χ0) is 15.5. The summed E-state index contributed by atoms with van der Waals surface area (Å²) in [5.74, 6) is 0. The molecule has 1 heterocycles. The summed E-state index contributed by atoms with van der Waals surface area (Å²) < 4.78 is 39.1. The van der Waals surface area contributed by atoms with Crippen molar-refractivity contribution in [1.82, 2.24) is 0 Å². The van der Waals surface area contributed by atoms with E-state index in [0.717, 1.165) is 10.9 Å². The highest BCUT2D eigenvalue weighted by Crippen LogP contribution is 2.33. The Morgan fingerprint density at radius 3 is 2.57 bits per heavy atom. The Morgan fingerprint density at radius 2 is 2.00 bits per heavy atom. The summed E-state index contributed by atoms with van der Waals surface area (Å²) in [7, 11) is 0. The zero-order valence-electron chi connectivity index (χ0n) is 10.7. The number of anilines is 1. The lowest BCUT2D eigenvalue weighted by Gasteiger charge is -2.12. The van der Waals surface area contributed by atoms with Gasteiger partial charge in [-0.2, -0.15) is 18.4 Å². The van der Waals surface area contributed by atoms with Crippen LogP contribution in [0.3, 0.4) is 0 Å². The molecule has 110 valence electrons. The molecule has 0 bridgehead atoms. The molecular formula is C14H10ClF3N2S. The van der Waals surface area contributed by atoms with E-state index < -0.39 is 11.7 Å². The Bertz CT molecular complexity index is 674. The standard InChI is InChI=1S/C14H10ClF3N2S/c15-13-4-3-11(21-13)5-6-20-10-2-1-9(8-19)12(7-10)14(16,17)18/h1-4,7,20H,5-6H2. The highest BCUT2D eigenvalue weighted by atomic mass is 35.5. The van der Waals surface area contributed by atoms with Gasteiger partial charge in [0.1, 0.15) is 0 Å². The molecule has 0 saturated carbocycles. The van der Waals surface area contributed by atoms with Crippen molar-refractivity contribution < 1.29 is 13.2 Å². The average Bonchev–Trinajstić information content (AvgIpc) is 2.83. The van der Waals surface area contributed by atoms with E-state index in [1.807, 2.05) is 6.07 Å². The summed E-state index contributed by atoms with van der Waals surface area (Å²) >= 11 is 7.24. The number of hydrogen-bond donors (Lipinski definition) is 1. The Hall–Kier alpha value is -1.71. The molecule has 0 unspecified atom stereocenters. The molecule has 7 heteroatoms. The number of thiophene rings is 1. The summed E-state index contributed by atoms with van der Waals surface area (Å²) in [6.45, 7) is 0.486. The van der Waals surface area contributed by atoms with E-state index in [1.54, 1.807) is 12.1 Å². The van der Waals surface area contributed by atoms with Gasteiger partial charge < -0.3 is 5.32 Å². The molecule has 1 aromatic carbocycles. The summed E-state index contributed by atoms with van der Waals surface area (Å²) in [4.78, 5) is 1.05. The summed E-state index contributed by atoms with van der Waals surface area (Å²) in [6, 6.07) is 8.82. The van der Waals surface area contributed by atoms with Crippen molar-refractivity contribution >= 4 is 28.6 Å². The molecule has 21 heavy (non-hydrogen) atoms. The van der Waals surface area contributed by atoms with Crippen LogP contribution in [-0.4, -0.2) is 6.54 Å². The minimum atomic E-state index is -4.54. The van der Waals surface area contributed by atoms with Crippen molar-refractivity contribution in [2.45, 2.75) is 12.6 Å². The first-order chi connectivity index (χ1) is 9.90. The third kappa shape index (κ3) is 4.13. The third-order valence-electron chi connectivity index (χ3n) is 2.77.